The Bertz CT molecular complexity index is 1640. The van der Waals surface area contributed by atoms with Crippen molar-refractivity contribution >= 4 is 68.1 Å². The molecule has 0 bridgehead atoms. The van der Waals surface area contributed by atoms with E-state index in [9.17, 15) is 44.1 Å². The van der Waals surface area contributed by atoms with Crippen LogP contribution in [0.4, 0.5) is 5.82 Å². The van der Waals surface area contributed by atoms with Crippen molar-refractivity contribution in [2.75, 3.05) is 18.9 Å². The average molecular weight is 687 g/mol. The Morgan fingerprint density at radius 3 is 2.24 bits per heavy atom. The maximum Gasteiger partial charge on any atom is 0.481 e. The quantitative estimate of drug-likeness (QED) is 0.0553. The van der Waals surface area contributed by atoms with Crippen molar-refractivity contribution in [2.24, 2.45) is 5.73 Å². The Morgan fingerprint density at radius 2 is 1.60 bits per heavy atom. The van der Waals surface area contributed by atoms with Gasteiger partial charge in [0.15, 0.2) is 36.2 Å². The van der Waals surface area contributed by atoms with E-state index in [4.69, 9.17) is 25.5 Å². The second-order valence-electron chi connectivity index (χ2n) is 9.69. The van der Waals surface area contributed by atoms with Crippen molar-refractivity contribution in [3.8, 4) is 0 Å². The van der Waals surface area contributed by atoms with E-state index in [1.54, 1.807) is 0 Å². The van der Waals surface area contributed by atoms with Gasteiger partial charge in [-0.15, -0.1) is 0 Å². The number of carbonyl (C=O) groups is 1. The second-order valence-corrected chi connectivity index (χ2v) is 12.7. The molecule has 21 nitrogen and oxygen atoms in total. The number of fused-ring (bicyclic) bond motifs is 1. The molecule has 45 heavy (non-hydrogen) atoms. The maximum atomic E-state index is 12.4. The van der Waals surface area contributed by atoms with Crippen LogP contribution in [0, 0.1) is 0 Å². The number of phosphoric acid groups is 2. The van der Waals surface area contributed by atoms with Gasteiger partial charge in [-0.3, -0.25) is 18.4 Å². The fourth-order valence-electron chi connectivity index (χ4n) is 4.58. The van der Waals surface area contributed by atoms with E-state index in [0.717, 1.165) is 6.33 Å². The van der Waals surface area contributed by atoms with Gasteiger partial charge in [-0.05, 0) is 6.07 Å². The van der Waals surface area contributed by atoms with Crippen LogP contribution >= 0.6 is 15.6 Å². The Labute approximate surface area is 274 Å². The van der Waals surface area contributed by atoms with Crippen LogP contribution in [-0.4, -0.2) is 135 Å². The smallest absolute Gasteiger partial charge is 0.387 e. The minimum atomic E-state index is -5.37. The van der Waals surface area contributed by atoms with E-state index >= 15 is 0 Å². The first-order valence-corrected chi connectivity index (χ1v) is 15.6. The van der Waals surface area contributed by atoms with Gasteiger partial charge in [0.05, 0.1) is 19.5 Å². The number of aliphatic hydroxyl groups is 4. The minimum absolute atomic E-state index is 0. The summed E-state index contributed by atoms with van der Waals surface area (Å²) in [5.41, 5.74) is 11.4. The maximum absolute atomic E-state index is 12.4. The zero-order valence-corrected chi connectivity index (χ0v) is 27.0. The van der Waals surface area contributed by atoms with Crippen LogP contribution in [-0.2, 0) is 32.0 Å². The first-order chi connectivity index (χ1) is 20.7. The summed E-state index contributed by atoms with van der Waals surface area (Å²) in [7, 11) is -10.7. The zero-order valence-electron chi connectivity index (χ0n) is 23.2. The molecule has 2 aliphatic rings. The van der Waals surface area contributed by atoms with E-state index in [0.29, 0.717) is 0 Å². The number of hydrogen-bond acceptors (Lipinski definition) is 16. The van der Waals surface area contributed by atoms with Gasteiger partial charge >= 0.3 is 15.6 Å². The third-order valence-corrected chi connectivity index (χ3v) is 9.35. The van der Waals surface area contributed by atoms with Gasteiger partial charge in [-0.1, -0.05) is 0 Å². The van der Waals surface area contributed by atoms with Gasteiger partial charge < -0.3 is 51.2 Å². The van der Waals surface area contributed by atoms with Crippen molar-refractivity contribution in [1.82, 2.24) is 19.5 Å². The first-order valence-electron chi connectivity index (χ1n) is 12.6. The largest absolute Gasteiger partial charge is 0.481 e. The molecule has 10 atom stereocenters. The number of carbonyl (C=O) groups excluding carboxylic acids is 1. The standard InChI is InChI=1S/C21H27N7O14P2.Na/c22-17-12-19(25-7-24-17)28(8-26-12)21-16(32)14(30)11(41-21)6-39-44(36,37)42-43(34,35)38-5-10-13(29)15(31)20(40-10)27-3-1-2-9(4-27)18(23)33;/h1-4,7-8,10-11,13-16,20-21,29-32H,5-6H2,(H5-,22,23,24,25,33,34,35,36,37);/p+1. The minimum Gasteiger partial charge on any atom is -0.387 e. The number of ether oxygens (including phenoxy) is 2. The number of nitrogen functional groups attached to an aromatic ring is 1. The molecule has 2 saturated heterocycles. The van der Waals surface area contributed by atoms with Gasteiger partial charge in [0.2, 0.25) is 0 Å². The number of anilines is 1. The predicted octanol–water partition coefficient (Wildman–Crippen LogP) is -3.40. The fraction of sp³-hybridized carbons (Fsp3) is 0.476. The van der Waals surface area contributed by atoms with Crippen LogP contribution in [0.15, 0.2) is 37.2 Å². The molecule has 24 heteroatoms. The Hall–Kier alpha value is -2.01. The molecule has 3 aromatic heterocycles. The third-order valence-electron chi connectivity index (χ3n) is 6.75. The van der Waals surface area contributed by atoms with Crippen molar-refractivity contribution in [3.05, 3.63) is 42.7 Å². The fourth-order valence-corrected chi connectivity index (χ4v) is 6.67. The second kappa shape index (κ2) is 14.0. The van der Waals surface area contributed by atoms with Crippen LogP contribution in [0.1, 0.15) is 22.8 Å². The monoisotopic (exact) mass is 687 g/mol. The summed E-state index contributed by atoms with van der Waals surface area (Å²) in [4.78, 5) is 43.3. The number of aliphatic hydroxyl groups excluding tert-OH is 4. The van der Waals surface area contributed by atoms with E-state index < -0.39 is 83.8 Å². The summed E-state index contributed by atoms with van der Waals surface area (Å²) in [6.07, 6.45) is -6.85. The molecule has 0 aliphatic carbocycles. The van der Waals surface area contributed by atoms with Crippen molar-refractivity contribution < 1.29 is 71.5 Å². The number of rotatable bonds is 11. The SMILES string of the molecule is NC(=O)c1ccc[n+](C2OC(COP(=O)(O)OP(=O)(O)OCC3OC(n4cnc5c(N)ncnc54)C(O)C3O)C(O)C2O)c1.[Na]. The average Bonchev–Trinajstić information content (AvgIpc) is 3.61. The zero-order chi connectivity index (χ0) is 32.0. The Kier molecular flexibility index (Phi) is 11.1. The van der Waals surface area contributed by atoms with Crippen LogP contribution in [0.2, 0.25) is 0 Å². The van der Waals surface area contributed by atoms with Crippen molar-refractivity contribution in [2.45, 2.75) is 49.1 Å². The van der Waals surface area contributed by atoms with E-state index in [1.807, 2.05) is 0 Å². The number of nitrogens with two attached hydrogens (primary N) is 2. The van der Waals surface area contributed by atoms with E-state index in [1.165, 1.54) is 40.0 Å². The van der Waals surface area contributed by atoms with E-state index in [2.05, 4.69) is 23.8 Å². The number of imidazole rings is 1. The summed E-state index contributed by atoms with van der Waals surface area (Å²) < 4.78 is 52.0. The molecular formula is C21H28N7NaO14P2+. The van der Waals surface area contributed by atoms with Crippen molar-refractivity contribution in [1.29, 1.82) is 0 Å². The van der Waals surface area contributed by atoms with Gasteiger partial charge in [0.1, 0.15) is 47.9 Å². The molecule has 0 spiro atoms. The van der Waals surface area contributed by atoms with Crippen LogP contribution < -0.4 is 16.0 Å². The molecule has 2 fully saturated rings. The van der Waals surface area contributed by atoms with Crippen LogP contribution in [0.3, 0.4) is 0 Å². The van der Waals surface area contributed by atoms with Crippen LogP contribution in [0.5, 0.6) is 0 Å². The predicted molar refractivity (Wildman–Crippen MR) is 145 cm³/mol. The Morgan fingerprint density at radius 1 is 0.978 bits per heavy atom. The molecule has 2 aliphatic heterocycles. The summed E-state index contributed by atoms with van der Waals surface area (Å²) in [6.45, 7) is -1.80. The molecule has 1 amide bonds. The van der Waals surface area contributed by atoms with E-state index in [-0.39, 0.29) is 52.1 Å². The molecule has 10 N–H and O–H groups in total. The number of phosphoric ester groups is 2. The molecule has 0 aromatic carbocycles. The number of hydrogen-bond donors (Lipinski definition) is 8. The molecule has 10 unspecified atom stereocenters. The summed E-state index contributed by atoms with van der Waals surface area (Å²) in [6, 6.07) is 2.83. The molecule has 3 aromatic rings. The molecule has 241 valence electrons. The van der Waals surface area contributed by atoms with Crippen LogP contribution in [0.25, 0.3) is 11.2 Å². The molecule has 1 radical (unpaired) electrons. The normalized spacial score (nSPS) is 30.9. The summed E-state index contributed by atoms with van der Waals surface area (Å²) >= 11 is 0. The number of aromatic nitrogens is 5. The number of pyridine rings is 1. The molecule has 5 heterocycles. The molecular weight excluding hydrogens is 659 g/mol. The molecule has 0 saturated carbocycles. The number of primary amides is 1. The van der Waals surface area contributed by atoms with Gasteiger partial charge in [-0.25, -0.2) is 24.1 Å². The first kappa shape index (κ1) is 35.8. The Balaban J connectivity index is 0.00000461. The number of nitrogens with zero attached hydrogens (tertiary/aromatic N) is 5. The number of amides is 1. The topological polar surface area (TPSA) is 318 Å². The third kappa shape index (κ3) is 7.77. The van der Waals surface area contributed by atoms with Gasteiger partial charge in [0, 0.05) is 35.6 Å². The van der Waals surface area contributed by atoms with Gasteiger partial charge in [0.25, 0.3) is 12.1 Å². The van der Waals surface area contributed by atoms with Crippen molar-refractivity contribution in [3.63, 3.8) is 0 Å². The molecule has 5 rings (SSSR count). The summed E-state index contributed by atoms with van der Waals surface area (Å²) in [5.74, 6) is -0.714. The summed E-state index contributed by atoms with van der Waals surface area (Å²) in [5, 5.41) is 41.6. The van der Waals surface area contributed by atoms with Gasteiger partial charge in [-0.2, -0.15) is 8.88 Å².